The molecule has 1 heterocycles. The highest BCUT2D eigenvalue weighted by Crippen LogP contribution is 2.35. The Balaban J connectivity index is 1.93. The maximum Gasteiger partial charge on any atom is 0.0702 e. The number of likely N-dealkylation sites (N-methyl/N-ethyl adjacent to an activating group) is 1. The standard InChI is InChI=1S/C17H34N2O/c1-3-6-15-7-4-10-17(14-18,11-9-15)19(2)13-16-8-5-12-20-16/h15-16H,3-14,18H2,1-2H3. The first-order valence-electron chi connectivity index (χ1n) is 8.73. The summed E-state index contributed by atoms with van der Waals surface area (Å²) < 4.78 is 5.81. The van der Waals surface area contributed by atoms with E-state index < -0.39 is 0 Å². The summed E-state index contributed by atoms with van der Waals surface area (Å²) in [5, 5.41) is 0. The van der Waals surface area contributed by atoms with E-state index in [4.69, 9.17) is 10.5 Å². The molecule has 0 amide bonds. The minimum absolute atomic E-state index is 0.231. The van der Waals surface area contributed by atoms with Gasteiger partial charge in [-0.25, -0.2) is 0 Å². The molecule has 0 aromatic rings. The van der Waals surface area contributed by atoms with Crippen molar-refractivity contribution in [1.29, 1.82) is 0 Å². The second-order valence-electron chi connectivity index (χ2n) is 7.03. The minimum Gasteiger partial charge on any atom is -0.377 e. The Morgan fingerprint density at radius 1 is 1.20 bits per heavy atom. The number of nitrogens with zero attached hydrogens (tertiary/aromatic N) is 1. The zero-order valence-electron chi connectivity index (χ0n) is 13.6. The van der Waals surface area contributed by atoms with E-state index in [2.05, 4.69) is 18.9 Å². The summed E-state index contributed by atoms with van der Waals surface area (Å²) in [5.41, 5.74) is 6.45. The molecule has 20 heavy (non-hydrogen) atoms. The molecular weight excluding hydrogens is 248 g/mol. The van der Waals surface area contributed by atoms with Crippen molar-refractivity contribution in [3.8, 4) is 0 Å². The van der Waals surface area contributed by atoms with Crippen LogP contribution in [-0.4, -0.2) is 43.3 Å². The van der Waals surface area contributed by atoms with E-state index in [0.29, 0.717) is 6.10 Å². The number of rotatable bonds is 6. The van der Waals surface area contributed by atoms with Crippen LogP contribution in [0.1, 0.15) is 64.7 Å². The minimum atomic E-state index is 0.231. The Morgan fingerprint density at radius 2 is 2.05 bits per heavy atom. The quantitative estimate of drug-likeness (QED) is 0.761. The summed E-state index contributed by atoms with van der Waals surface area (Å²) in [6.07, 6.45) is 12.3. The van der Waals surface area contributed by atoms with Gasteiger partial charge in [-0.15, -0.1) is 0 Å². The van der Waals surface area contributed by atoms with Crippen molar-refractivity contribution in [1.82, 2.24) is 4.90 Å². The van der Waals surface area contributed by atoms with Gasteiger partial charge in [0.15, 0.2) is 0 Å². The first kappa shape index (κ1) is 16.3. The number of ether oxygens (including phenoxy) is 1. The van der Waals surface area contributed by atoms with E-state index in [0.717, 1.165) is 25.6 Å². The molecule has 3 nitrogen and oxygen atoms in total. The second kappa shape index (κ2) is 7.77. The first-order chi connectivity index (χ1) is 9.70. The fourth-order valence-electron chi connectivity index (χ4n) is 4.19. The monoisotopic (exact) mass is 282 g/mol. The molecule has 2 rings (SSSR count). The van der Waals surface area contributed by atoms with Gasteiger partial charge in [-0.1, -0.05) is 32.6 Å². The smallest absolute Gasteiger partial charge is 0.0702 e. The van der Waals surface area contributed by atoms with E-state index in [1.807, 2.05) is 0 Å². The van der Waals surface area contributed by atoms with Crippen LogP contribution < -0.4 is 5.73 Å². The van der Waals surface area contributed by atoms with Crippen LogP contribution in [0.25, 0.3) is 0 Å². The third-order valence-electron chi connectivity index (χ3n) is 5.66. The molecule has 118 valence electrons. The van der Waals surface area contributed by atoms with E-state index in [9.17, 15) is 0 Å². The average molecular weight is 282 g/mol. The van der Waals surface area contributed by atoms with Crippen molar-refractivity contribution in [3.63, 3.8) is 0 Å². The predicted octanol–water partition coefficient (Wildman–Crippen LogP) is 3.18. The summed E-state index contributed by atoms with van der Waals surface area (Å²) in [6.45, 7) is 5.13. The van der Waals surface area contributed by atoms with E-state index in [1.165, 1.54) is 57.8 Å². The maximum atomic E-state index is 6.22. The molecule has 0 aromatic carbocycles. The second-order valence-corrected chi connectivity index (χ2v) is 7.03. The lowest BCUT2D eigenvalue weighted by molar-refractivity contribution is 0.0298. The van der Waals surface area contributed by atoms with Gasteiger partial charge in [0.05, 0.1) is 6.10 Å². The molecule has 0 bridgehead atoms. The maximum absolute atomic E-state index is 6.22. The molecule has 1 aliphatic carbocycles. The van der Waals surface area contributed by atoms with Gasteiger partial charge in [0.1, 0.15) is 0 Å². The van der Waals surface area contributed by atoms with Crippen molar-refractivity contribution in [3.05, 3.63) is 0 Å². The molecule has 0 aromatic heterocycles. The molecular formula is C17H34N2O. The van der Waals surface area contributed by atoms with Crippen LogP contribution in [0.3, 0.4) is 0 Å². The molecule has 3 atom stereocenters. The third-order valence-corrected chi connectivity index (χ3v) is 5.66. The van der Waals surface area contributed by atoms with Gasteiger partial charge in [-0.05, 0) is 45.1 Å². The molecule has 1 aliphatic heterocycles. The van der Waals surface area contributed by atoms with Crippen LogP contribution in [0, 0.1) is 5.92 Å². The highest BCUT2D eigenvalue weighted by molar-refractivity contribution is 4.94. The van der Waals surface area contributed by atoms with Gasteiger partial charge in [0.25, 0.3) is 0 Å². The largest absolute Gasteiger partial charge is 0.377 e. The van der Waals surface area contributed by atoms with E-state index >= 15 is 0 Å². The highest BCUT2D eigenvalue weighted by atomic mass is 16.5. The van der Waals surface area contributed by atoms with Crippen molar-refractivity contribution in [2.24, 2.45) is 11.7 Å². The van der Waals surface area contributed by atoms with Crippen LogP contribution in [0.4, 0.5) is 0 Å². The number of hydrogen-bond acceptors (Lipinski definition) is 3. The molecule has 3 unspecified atom stereocenters. The summed E-state index contributed by atoms with van der Waals surface area (Å²) >= 11 is 0. The predicted molar refractivity (Wildman–Crippen MR) is 84.9 cm³/mol. The fourth-order valence-corrected chi connectivity index (χ4v) is 4.19. The van der Waals surface area contributed by atoms with Crippen molar-refractivity contribution in [2.45, 2.75) is 76.4 Å². The lowest BCUT2D eigenvalue weighted by atomic mass is 9.87. The molecule has 2 fully saturated rings. The van der Waals surface area contributed by atoms with Crippen LogP contribution in [0.15, 0.2) is 0 Å². The normalized spacial score (nSPS) is 35.4. The molecule has 1 saturated heterocycles. The summed E-state index contributed by atoms with van der Waals surface area (Å²) in [5.74, 6) is 0.935. The summed E-state index contributed by atoms with van der Waals surface area (Å²) in [6, 6.07) is 0. The third kappa shape index (κ3) is 3.96. The van der Waals surface area contributed by atoms with E-state index in [-0.39, 0.29) is 5.54 Å². The number of hydrogen-bond donors (Lipinski definition) is 1. The molecule has 3 heteroatoms. The SMILES string of the molecule is CCCC1CCCC(CN)(N(C)CC2CCCO2)CC1. The van der Waals surface area contributed by atoms with Crippen LogP contribution in [0.2, 0.25) is 0 Å². The lowest BCUT2D eigenvalue weighted by Gasteiger charge is -2.42. The Kier molecular flexibility index (Phi) is 6.31. The average Bonchev–Trinajstić information content (AvgIpc) is 2.86. The molecule has 2 aliphatic rings. The van der Waals surface area contributed by atoms with Crippen LogP contribution >= 0.6 is 0 Å². The Morgan fingerprint density at radius 3 is 2.70 bits per heavy atom. The van der Waals surface area contributed by atoms with Crippen molar-refractivity contribution in [2.75, 3.05) is 26.7 Å². The summed E-state index contributed by atoms with van der Waals surface area (Å²) in [7, 11) is 2.27. The molecule has 2 N–H and O–H groups in total. The Hall–Kier alpha value is -0.120. The van der Waals surface area contributed by atoms with Crippen molar-refractivity contribution < 1.29 is 4.74 Å². The fraction of sp³-hybridized carbons (Fsp3) is 1.00. The zero-order valence-corrected chi connectivity index (χ0v) is 13.6. The van der Waals surface area contributed by atoms with Gasteiger partial charge >= 0.3 is 0 Å². The first-order valence-corrected chi connectivity index (χ1v) is 8.73. The Bertz CT molecular complexity index is 278. The van der Waals surface area contributed by atoms with Gasteiger partial charge in [0, 0.05) is 25.2 Å². The van der Waals surface area contributed by atoms with Gasteiger partial charge in [-0.3, -0.25) is 4.90 Å². The molecule has 0 radical (unpaired) electrons. The number of nitrogens with two attached hydrogens (primary N) is 1. The summed E-state index contributed by atoms with van der Waals surface area (Å²) in [4.78, 5) is 2.54. The topological polar surface area (TPSA) is 38.5 Å². The van der Waals surface area contributed by atoms with Gasteiger partial charge < -0.3 is 10.5 Å². The zero-order chi connectivity index (χ0) is 14.4. The Labute approximate surface area is 125 Å². The van der Waals surface area contributed by atoms with Crippen molar-refractivity contribution >= 4 is 0 Å². The molecule has 0 spiro atoms. The van der Waals surface area contributed by atoms with Gasteiger partial charge in [0.2, 0.25) is 0 Å². The molecule has 1 saturated carbocycles. The lowest BCUT2D eigenvalue weighted by Crippen LogP contribution is -2.53. The van der Waals surface area contributed by atoms with Gasteiger partial charge in [-0.2, -0.15) is 0 Å². The van der Waals surface area contributed by atoms with Crippen LogP contribution in [0.5, 0.6) is 0 Å². The van der Waals surface area contributed by atoms with E-state index in [1.54, 1.807) is 0 Å². The highest BCUT2D eigenvalue weighted by Gasteiger charge is 2.36. The van der Waals surface area contributed by atoms with Crippen LogP contribution in [-0.2, 0) is 4.74 Å².